The molecule has 0 radical (unpaired) electrons. The van der Waals surface area contributed by atoms with Crippen LogP contribution in [0.3, 0.4) is 0 Å². The van der Waals surface area contributed by atoms with E-state index < -0.39 is 0 Å². The van der Waals surface area contributed by atoms with Gasteiger partial charge in [-0.3, -0.25) is 5.10 Å². The number of benzene rings is 2. The van der Waals surface area contributed by atoms with Crippen molar-refractivity contribution in [3.8, 4) is 17.0 Å². The molecule has 3 aromatic rings. The third kappa shape index (κ3) is 3.53. The van der Waals surface area contributed by atoms with Gasteiger partial charge in [0.2, 0.25) is 0 Å². The second kappa shape index (κ2) is 7.40. The van der Waals surface area contributed by atoms with Crippen LogP contribution in [0.25, 0.3) is 11.3 Å². The quantitative estimate of drug-likeness (QED) is 0.701. The molecule has 0 spiro atoms. The zero-order chi connectivity index (χ0) is 18.8. The third-order valence-electron chi connectivity index (χ3n) is 5.07. The lowest BCUT2D eigenvalue weighted by Gasteiger charge is -2.12. The zero-order valence-corrected chi connectivity index (χ0v) is 15.6. The Bertz CT molecular complexity index is 953. The average Bonchev–Trinajstić information content (AvgIpc) is 3.28. The summed E-state index contributed by atoms with van der Waals surface area (Å²) < 4.78 is 19.0. The Labute approximate surface area is 158 Å². The minimum absolute atomic E-state index is 0.236. The van der Waals surface area contributed by atoms with Gasteiger partial charge in [-0.2, -0.15) is 5.10 Å². The lowest BCUT2D eigenvalue weighted by Crippen LogP contribution is -2.13. The standard InChI is InChI=1S/C21H23FN4O/c1-26-8-7-15-9-14(3-5-19(15)26)11-23-12-17-13-24-25-21(17)16-4-6-20(27-2)18(22)10-16/h3-6,9-10,13,23H,7-8,11-12H2,1-2H3,(H,24,25). The van der Waals surface area contributed by atoms with Gasteiger partial charge in [-0.15, -0.1) is 0 Å². The monoisotopic (exact) mass is 366 g/mol. The van der Waals surface area contributed by atoms with Crippen molar-refractivity contribution in [1.29, 1.82) is 0 Å². The van der Waals surface area contributed by atoms with Gasteiger partial charge in [-0.25, -0.2) is 4.39 Å². The van der Waals surface area contributed by atoms with Crippen LogP contribution in [0.4, 0.5) is 10.1 Å². The summed E-state index contributed by atoms with van der Waals surface area (Å²) in [5, 5.41) is 10.6. The highest BCUT2D eigenvalue weighted by Gasteiger charge is 2.15. The van der Waals surface area contributed by atoms with E-state index >= 15 is 0 Å². The molecule has 27 heavy (non-hydrogen) atoms. The normalized spacial score (nSPS) is 13.1. The maximum Gasteiger partial charge on any atom is 0.165 e. The Hall–Kier alpha value is -2.86. The Morgan fingerprint density at radius 2 is 2.11 bits per heavy atom. The van der Waals surface area contributed by atoms with Gasteiger partial charge in [0.1, 0.15) is 0 Å². The fourth-order valence-corrected chi connectivity index (χ4v) is 3.59. The first kappa shape index (κ1) is 17.5. The molecule has 1 aromatic heterocycles. The first-order valence-corrected chi connectivity index (χ1v) is 9.05. The first-order valence-electron chi connectivity index (χ1n) is 9.05. The van der Waals surface area contributed by atoms with Crippen LogP contribution in [0.1, 0.15) is 16.7 Å². The summed E-state index contributed by atoms with van der Waals surface area (Å²) in [6.07, 6.45) is 2.89. The van der Waals surface area contributed by atoms with Gasteiger partial charge in [-0.05, 0) is 41.8 Å². The zero-order valence-electron chi connectivity index (χ0n) is 15.6. The Morgan fingerprint density at radius 1 is 1.22 bits per heavy atom. The summed E-state index contributed by atoms with van der Waals surface area (Å²) in [5.41, 5.74) is 6.58. The van der Waals surface area contributed by atoms with Gasteiger partial charge in [-0.1, -0.05) is 12.1 Å². The van der Waals surface area contributed by atoms with Crippen molar-refractivity contribution in [2.45, 2.75) is 19.5 Å². The molecular formula is C21H23FN4O. The fourth-order valence-electron chi connectivity index (χ4n) is 3.59. The lowest BCUT2D eigenvalue weighted by molar-refractivity contribution is 0.386. The van der Waals surface area contributed by atoms with Crippen LogP contribution in [-0.4, -0.2) is 30.9 Å². The van der Waals surface area contributed by atoms with E-state index in [0.29, 0.717) is 6.54 Å². The van der Waals surface area contributed by atoms with Crippen LogP contribution >= 0.6 is 0 Å². The molecule has 0 atom stereocenters. The molecule has 140 valence electrons. The van der Waals surface area contributed by atoms with Crippen LogP contribution in [-0.2, 0) is 19.5 Å². The first-order chi connectivity index (χ1) is 13.2. The number of hydrogen-bond acceptors (Lipinski definition) is 4. The summed E-state index contributed by atoms with van der Waals surface area (Å²) in [4.78, 5) is 2.29. The number of rotatable bonds is 6. The maximum absolute atomic E-state index is 14.0. The van der Waals surface area contributed by atoms with Crippen molar-refractivity contribution in [2.24, 2.45) is 0 Å². The smallest absolute Gasteiger partial charge is 0.165 e. The van der Waals surface area contributed by atoms with E-state index in [2.05, 4.69) is 45.7 Å². The molecule has 0 unspecified atom stereocenters. The van der Waals surface area contributed by atoms with Crippen LogP contribution in [0.15, 0.2) is 42.6 Å². The van der Waals surface area contributed by atoms with Gasteiger partial charge in [0, 0.05) is 43.5 Å². The number of anilines is 1. The van der Waals surface area contributed by atoms with Crippen LogP contribution in [0.2, 0.25) is 0 Å². The maximum atomic E-state index is 14.0. The number of likely N-dealkylation sites (N-methyl/N-ethyl adjacent to an activating group) is 1. The van der Waals surface area contributed by atoms with E-state index in [1.54, 1.807) is 12.3 Å². The highest BCUT2D eigenvalue weighted by Crippen LogP contribution is 2.28. The number of ether oxygens (including phenoxy) is 1. The highest BCUT2D eigenvalue weighted by molar-refractivity contribution is 5.63. The topological polar surface area (TPSA) is 53.2 Å². The molecular weight excluding hydrogens is 343 g/mol. The number of aromatic nitrogens is 2. The van der Waals surface area contributed by atoms with Crippen LogP contribution in [0, 0.1) is 5.82 Å². The van der Waals surface area contributed by atoms with Gasteiger partial charge >= 0.3 is 0 Å². The van der Waals surface area contributed by atoms with Crippen molar-refractivity contribution in [1.82, 2.24) is 15.5 Å². The van der Waals surface area contributed by atoms with Crippen molar-refractivity contribution >= 4 is 5.69 Å². The highest BCUT2D eigenvalue weighted by atomic mass is 19.1. The van der Waals surface area contributed by atoms with Crippen molar-refractivity contribution in [3.05, 3.63) is 65.1 Å². The molecule has 6 heteroatoms. The Kier molecular flexibility index (Phi) is 4.81. The molecule has 0 aliphatic carbocycles. The van der Waals surface area contributed by atoms with Crippen molar-refractivity contribution in [2.75, 3.05) is 25.6 Å². The molecule has 0 amide bonds. The molecule has 1 aliphatic rings. The molecule has 1 aliphatic heterocycles. The van der Waals surface area contributed by atoms with Crippen LogP contribution < -0.4 is 15.0 Å². The Balaban J connectivity index is 1.43. The SMILES string of the molecule is COc1ccc(-c2[nH]ncc2CNCc2ccc3c(c2)CCN3C)cc1F. The molecule has 4 rings (SSSR count). The average molecular weight is 366 g/mol. The van der Waals surface area contributed by atoms with E-state index in [1.807, 2.05) is 6.07 Å². The second-order valence-electron chi connectivity index (χ2n) is 6.86. The largest absolute Gasteiger partial charge is 0.494 e. The minimum atomic E-state index is -0.383. The predicted molar refractivity (Wildman–Crippen MR) is 104 cm³/mol. The van der Waals surface area contributed by atoms with Crippen molar-refractivity contribution < 1.29 is 9.13 Å². The van der Waals surface area contributed by atoms with Crippen LogP contribution in [0.5, 0.6) is 5.75 Å². The van der Waals surface area contributed by atoms with Gasteiger partial charge in [0.05, 0.1) is 19.0 Å². The summed E-state index contributed by atoms with van der Waals surface area (Å²) in [7, 11) is 3.59. The van der Waals surface area contributed by atoms with E-state index in [-0.39, 0.29) is 11.6 Å². The predicted octanol–water partition coefficient (Wildman–Crippen LogP) is 3.51. The molecule has 2 N–H and O–H groups in total. The number of aromatic amines is 1. The Morgan fingerprint density at radius 3 is 2.93 bits per heavy atom. The van der Waals surface area contributed by atoms with E-state index in [0.717, 1.165) is 36.3 Å². The molecule has 0 saturated carbocycles. The third-order valence-corrected chi connectivity index (χ3v) is 5.07. The molecule has 2 aromatic carbocycles. The molecule has 5 nitrogen and oxygen atoms in total. The number of hydrogen-bond donors (Lipinski definition) is 2. The summed E-state index contributed by atoms with van der Waals surface area (Å²) in [6, 6.07) is 11.6. The second-order valence-corrected chi connectivity index (χ2v) is 6.86. The summed E-state index contributed by atoms with van der Waals surface area (Å²) in [5.74, 6) is -0.146. The van der Waals surface area contributed by atoms with E-state index in [9.17, 15) is 4.39 Å². The van der Waals surface area contributed by atoms with E-state index in [1.165, 1.54) is 30.0 Å². The summed E-state index contributed by atoms with van der Waals surface area (Å²) in [6.45, 7) is 2.51. The van der Waals surface area contributed by atoms with Crippen molar-refractivity contribution in [3.63, 3.8) is 0 Å². The van der Waals surface area contributed by atoms with E-state index in [4.69, 9.17) is 4.74 Å². The number of H-pyrrole nitrogens is 1. The molecule has 0 saturated heterocycles. The van der Waals surface area contributed by atoms with Gasteiger partial charge in [0.15, 0.2) is 11.6 Å². The number of fused-ring (bicyclic) bond motifs is 1. The number of nitrogens with one attached hydrogen (secondary N) is 2. The van der Waals surface area contributed by atoms with Gasteiger partial charge < -0.3 is 15.0 Å². The fraction of sp³-hybridized carbons (Fsp3) is 0.286. The molecule has 2 heterocycles. The number of nitrogens with zero attached hydrogens (tertiary/aromatic N) is 2. The lowest BCUT2D eigenvalue weighted by atomic mass is 10.1. The summed E-state index contributed by atoms with van der Waals surface area (Å²) >= 11 is 0. The molecule has 0 fully saturated rings. The molecule has 0 bridgehead atoms. The van der Waals surface area contributed by atoms with Gasteiger partial charge in [0.25, 0.3) is 0 Å². The number of halogens is 1. The minimum Gasteiger partial charge on any atom is -0.494 e. The number of methoxy groups -OCH3 is 1.